The minimum absolute atomic E-state index is 0.594. The summed E-state index contributed by atoms with van der Waals surface area (Å²) < 4.78 is 0. The van der Waals surface area contributed by atoms with Crippen molar-refractivity contribution in [1.29, 1.82) is 0 Å². The second-order valence-electron chi connectivity index (χ2n) is 1.92. The maximum absolute atomic E-state index is 5.28. The van der Waals surface area contributed by atoms with Gasteiger partial charge in [0.05, 0.1) is 5.01 Å². The Morgan fingerprint density at radius 2 is 2.60 bits per heavy atom. The SMILES string of the molecule is Cc1ncc(/C=C/CN)s1. The normalized spacial score (nSPS) is 11.0. The zero-order chi connectivity index (χ0) is 7.40. The highest BCUT2D eigenvalue weighted by molar-refractivity contribution is 7.12. The van der Waals surface area contributed by atoms with Gasteiger partial charge in [0.25, 0.3) is 0 Å². The van der Waals surface area contributed by atoms with E-state index in [2.05, 4.69) is 4.98 Å². The molecule has 0 atom stereocenters. The van der Waals surface area contributed by atoms with Crippen LogP contribution in [0, 0.1) is 6.92 Å². The van der Waals surface area contributed by atoms with Crippen LogP contribution < -0.4 is 5.73 Å². The van der Waals surface area contributed by atoms with Crippen molar-refractivity contribution >= 4 is 17.4 Å². The average molecular weight is 154 g/mol. The highest BCUT2D eigenvalue weighted by Crippen LogP contribution is 2.12. The summed E-state index contributed by atoms with van der Waals surface area (Å²) in [6.45, 7) is 2.58. The molecule has 2 N–H and O–H groups in total. The zero-order valence-electron chi connectivity index (χ0n) is 5.87. The fourth-order valence-corrected chi connectivity index (χ4v) is 1.36. The maximum Gasteiger partial charge on any atom is 0.0900 e. The van der Waals surface area contributed by atoms with Crippen LogP contribution in [0.1, 0.15) is 9.88 Å². The molecule has 0 aliphatic heterocycles. The molecule has 0 saturated heterocycles. The van der Waals surface area contributed by atoms with Crippen LogP contribution in [0.2, 0.25) is 0 Å². The van der Waals surface area contributed by atoms with Crippen molar-refractivity contribution in [2.75, 3.05) is 6.54 Å². The third-order valence-electron chi connectivity index (χ3n) is 1.06. The average Bonchev–Trinajstić information content (AvgIpc) is 2.31. The largest absolute Gasteiger partial charge is 0.327 e. The zero-order valence-corrected chi connectivity index (χ0v) is 6.69. The number of thiazole rings is 1. The number of nitrogens with two attached hydrogens (primary N) is 1. The Morgan fingerprint density at radius 3 is 3.10 bits per heavy atom. The summed E-state index contributed by atoms with van der Waals surface area (Å²) in [7, 11) is 0. The van der Waals surface area contributed by atoms with Gasteiger partial charge in [-0.05, 0) is 13.0 Å². The number of hydrogen-bond acceptors (Lipinski definition) is 3. The van der Waals surface area contributed by atoms with Crippen molar-refractivity contribution in [3.05, 3.63) is 22.2 Å². The molecular weight excluding hydrogens is 144 g/mol. The molecule has 54 valence electrons. The number of aryl methyl sites for hydroxylation is 1. The predicted molar refractivity (Wildman–Crippen MR) is 44.9 cm³/mol. The minimum atomic E-state index is 0.594. The first-order chi connectivity index (χ1) is 4.83. The third-order valence-corrected chi connectivity index (χ3v) is 1.94. The van der Waals surface area contributed by atoms with Crippen molar-refractivity contribution in [2.45, 2.75) is 6.92 Å². The smallest absolute Gasteiger partial charge is 0.0900 e. The quantitative estimate of drug-likeness (QED) is 0.699. The summed E-state index contributed by atoms with van der Waals surface area (Å²) in [4.78, 5) is 5.27. The lowest BCUT2D eigenvalue weighted by Crippen LogP contribution is -1.91. The number of aromatic nitrogens is 1. The number of nitrogens with zero attached hydrogens (tertiary/aromatic N) is 1. The van der Waals surface area contributed by atoms with E-state index in [-0.39, 0.29) is 0 Å². The van der Waals surface area contributed by atoms with Crippen LogP contribution in [0.4, 0.5) is 0 Å². The molecule has 0 amide bonds. The number of hydrogen-bond donors (Lipinski definition) is 1. The van der Waals surface area contributed by atoms with E-state index in [9.17, 15) is 0 Å². The van der Waals surface area contributed by atoms with Crippen molar-refractivity contribution in [3.63, 3.8) is 0 Å². The number of rotatable bonds is 2. The van der Waals surface area contributed by atoms with Crippen molar-refractivity contribution in [1.82, 2.24) is 4.98 Å². The standard InChI is InChI=1S/C7H10N2S/c1-6-9-5-7(10-6)3-2-4-8/h2-3,5H,4,8H2,1H3/b3-2+. The molecule has 1 rings (SSSR count). The van der Waals surface area contributed by atoms with Gasteiger partial charge in [0.2, 0.25) is 0 Å². The Balaban J connectivity index is 2.67. The van der Waals surface area contributed by atoms with E-state index in [0.29, 0.717) is 6.54 Å². The van der Waals surface area contributed by atoms with Crippen LogP contribution in [0.15, 0.2) is 12.3 Å². The molecule has 0 spiro atoms. The molecule has 0 unspecified atom stereocenters. The van der Waals surface area contributed by atoms with Gasteiger partial charge in [-0.25, -0.2) is 4.98 Å². The lowest BCUT2D eigenvalue weighted by molar-refractivity contribution is 1.26. The Bertz CT molecular complexity index is 227. The molecule has 1 aromatic rings. The van der Waals surface area contributed by atoms with Crippen LogP contribution in [-0.4, -0.2) is 11.5 Å². The predicted octanol–water partition coefficient (Wildman–Crippen LogP) is 1.42. The van der Waals surface area contributed by atoms with Gasteiger partial charge in [-0.15, -0.1) is 11.3 Å². The van der Waals surface area contributed by atoms with Gasteiger partial charge in [-0.1, -0.05) is 6.08 Å². The summed E-state index contributed by atoms with van der Waals surface area (Å²) in [5.74, 6) is 0. The lowest BCUT2D eigenvalue weighted by atomic mass is 10.4. The molecule has 1 aromatic heterocycles. The van der Waals surface area contributed by atoms with Gasteiger partial charge >= 0.3 is 0 Å². The maximum atomic E-state index is 5.28. The van der Waals surface area contributed by atoms with Gasteiger partial charge in [0, 0.05) is 17.6 Å². The van der Waals surface area contributed by atoms with Gasteiger partial charge in [0.15, 0.2) is 0 Å². The Hall–Kier alpha value is -0.670. The van der Waals surface area contributed by atoms with E-state index in [1.807, 2.05) is 25.3 Å². The summed E-state index contributed by atoms with van der Waals surface area (Å²) in [6, 6.07) is 0. The second kappa shape index (κ2) is 3.49. The van der Waals surface area contributed by atoms with Gasteiger partial charge < -0.3 is 5.73 Å². The summed E-state index contributed by atoms with van der Waals surface area (Å²) in [6.07, 6.45) is 5.77. The van der Waals surface area contributed by atoms with E-state index < -0.39 is 0 Å². The van der Waals surface area contributed by atoms with Crippen LogP contribution in [-0.2, 0) is 0 Å². The van der Waals surface area contributed by atoms with Crippen LogP contribution in [0.3, 0.4) is 0 Å². The van der Waals surface area contributed by atoms with Crippen LogP contribution in [0.25, 0.3) is 6.08 Å². The van der Waals surface area contributed by atoms with Crippen LogP contribution >= 0.6 is 11.3 Å². The minimum Gasteiger partial charge on any atom is -0.327 e. The lowest BCUT2D eigenvalue weighted by Gasteiger charge is -1.78. The Kier molecular flexibility index (Phi) is 2.59. The Morgan fingerprint density at radius 1 is 1.80 bits per heavy atom. The first kappa shape index (κ1) is 7.44. The molecule has 3 heteroatoms. The van der Waals surface area contributed by atoms with E-state index in [1.165, 1.54) is 4.88 Å². The first-order valence-corrected chi connectivity index (χ1v) is 3.93. The summed E-state index contributed by atoms with van der Waals surface area (Å²) >= 11 is 1.67. The fraction of sp³-hybridized carbons (Fsp3) is 0.286. The molecule has 2 nitrogen and oxygen atoms in total. The molecular formula is C7H10N2S. The molecule has 1 heterocycles. The van der Waals surface area contributed by atoms with Crippen molar-refractivity contribution < 1.29 is 0 Å². The molecule has 0 bridgehead atoms. The highest BCUT2D eigenvalue weighted by Gasteiger charge is 1.90. The van der Waals surface area contributed by atoms with Gasteiger partial charge in [-0.2, -0.15) is 0 Å². The summed E-state index contributed by atoms with van der Waals surface area (Å²) in [5, 5.41) is 1.09. The first-order valence-electron chi connectivity index (χ1n) is 3.12. The van der Waals surface area contributed by atoms with Crippen molar-refractivity contribution in [2.24, 2.45) is 5.73 Å². The van der Waals surface area contributed by atoms with Crippen LogP contribution in [0.5, 0.6) is 0 Å². The molecule has 0 aliphatic carbocycles. The topological polar surface area (TPSA) is 38.9 Å². The van der Waals surface area contributed by atoms with E-state index in [1.54, 1.807) is 11.3 Å². The third kappa shape index (κ3) is 1.93. The van der Waals surface area contributed by atoms with Crippen molar-refractivity contribution in [3.8, 4) is 0 Å². The van der Waals surface area contributed by atoms with E-state index in [0.717, 1.165) is 5.01 Å². The monoisotopic (exact) mass is 154 g/mol. The van der Waals surface area contributed by atoms with Gasteiger partial charge in [0.1, 0.15) is 0 Å². The Labute approximate surface area is 64.4 Å². The molecule has 0 radical (unpaired) electrons. The summed E-state index contributed by atoms with van der Waals surface area (Å²) in [5.41, 5.74) is 5.28. The molecule has 0 aliphatic rings. The fourth-order valence-electron chi connectivity index (χ4n) is 0.639. The van der Waals surface area contributed by atoms with E-state index in [4.69, 9.17) is 5.73 Å². The van der Waals surface area contributed by atoms with Gasteiger partial charge in [-0.3, -0.25) is 0 Å². The molecule has 0 fully saturated rings. The van der Waals surface area contributed by atoms with E-state index >= 15 is 0 Å². The molecule has 0 aromatic carbocycles. The molecule has 10 heavy (non-hydrogen) atoms. The highest BCUT2D eigenvalue weighted by atomic mass is 32.1. The molecule has 0 saturated carbocycles. The second-order valence-corrected chi connectivity index (χ2v) is 3.19.